The molecule has 0 bridgehead atoms. The molecule has 0 saturated carbocycles. The lowest BCUT2D eigenvalue weighted by molar-refractivity contribution is 0.675. The van der Waals surface area contributed by atoms with E-state index < -0.39 is 0 Å². The predicted molar refractivity (Wildman–Crippen MR) is 61.1 cm³/mol. The van der Waals surface area contributed by atoms with E-state index in [-0.39, 0.29) is 0 Å². The van der Waals surface area contributed by atoms with Crippen molar-refractivity contribution >= 4 is 5.82 Å². The van der Waals surface area contributed by atoms with Crippen LogP contribution in [0.4, 0.5) is 5.82 Å². The highest BCUT2D eigenvalue weighted by molar-refractivity contribution is 5.39. The molecule has 1 aliphatic rings. The summed E-state index contributed by atoms with van der Waals surface area (Å²) in [6, 6.07) is 2.66. The quantitative estimate of drug-likeness (QED) is 0.795. The first-order valence-corrected chi connectivity index (χ1v) is 5.55. The lowest BCUT2D eigenvalue weighted by atomic mass is 10.2. The highest BCUT2D eigenvalue weighted by atomic mass is 15.2. The van der Waals surface area contributed by atoms with E-state index in [1.807, 2.05) is 0 Å². The van der Waals surface area contributed by atoms with Crippen LogP contribution in [0.1, 0.15) is 19.0 Å². The zero-order valence-electron chi connectivity index (χ0n) is 9.40. The first-order valence-electron chi connectivity index (χ1n) is 5.55. The third kappa shape index (κ3) is 2.26. The maximum atomic E-state index is 4.32. The Bertz CT molecular complexity index is 320. The molecule has 15 heavy (non-hydrogen) atoms. The Morgan fingerprint density at radius 3 is 3.07 bits per heavy atom. The SMILES string of the molecule is CCc1cc(N(C)C2CCNC2)ncn1. The fourth-order valence-corrected chi connectivity index (χ4v) is 1.93. The van der Waals surface area contributed by atoms with Crippen LogP contribution >= 0.6 is 0 Å². The lowest BCUT2D eigenvalue weighted by Gasteiger charge is -2.24. The molecule has 2 heterocycles. The largest absolute Gasteiger partial charge is 0.355 e. The van der Waals surface area contributed by atoms with Gasteiger partial charge in [0.1, 0.15) is 12.1 Å². The van der Waals surface area contributed by atoms with Crippen molar-refractivity contribution in [1.29, 1.82) is 0 Å². The van der Waals surface area contributed by atoms with Crippen molar-refractivity contribution in [3.05, 3.63) is 18.1 Å². The van der Waals surface area contributed by atoms with Gasteiger partial charge in [0, 0.05) is 31.4 Å². The van der Waals surface area contributed by atoms with Crippen LogP contribution in [0.15, 0.2) is 12.4 Å². The van der Waals surface area contributed by atoms with Crippen LogP contribution in [0.3, 0.4) is 0 Å². The second kappa shape index (κ2) is 4.57. The van der Waals surface area contributed by atoms with E-state index >= 15 is 0 Å². The molecule has 1 aromatic heterocycles. The Labute approximate surface area is 90.7 Å². The molecule has 0 radical (unpaired) electrons. The van der Waals surface area contributed by atoms with Crippen LogP contribution in [-0.2, 0) is 6.42 Å². The molecule has 82 valence electrons. The Kier molecular flexibility index (Phi) is 3.16. The van der Waals surface area contributed by atoms with E-state index in [1.165, 1.54) is 6.42 Å². The van der Waals surface area contributed by atoms with Gasteiger partial charge in [0.25, 0.3) is 0 Å². The molecule has 1 aromatic rings. The second-order valence-corrected chi connectivity index (χ2v) is 3.98. The monoisotopic (exact) mass is 206 g/mol. The van der Waals surface area contributed by atoms with Crippen molar-refractivity contribution < 1.29 is 0 Å². The number of aryl methyl sites for hydroxylation is 1. The highest BCUT2D eigenvalue weighted by Gasteiger charge is 2.20. The van der Waals surface area contributed by atoms with Gasteiger partial charge in [-0.3, -0.25) is 0 Å². The van der Waals surface area contributed by atoms with Gasteiger partial charge in [-0.1, -0.05) is 6.92 Å². The maximum absolute atomic E-state index is 4.32. The van der Waals surface area contributed by atoms with Gasteiger partial charge in [0.2, 0.25) is 0 Å². The molecular weight excluding hydrogens is 188 g/mol. The number of nitrogens with one attached hydrogen (secondary N) is 1. The smallest absolute Gasteiger partial charge is 0.132 e. The maximum Gasteiger partial charge on any atom is 0.132 e. The molecule has 0 aliphatic carbocycles. The van der Waals surface area contributed by atoms with Gasteiger partial charge in [0.15, 0.2) is 0 Å². The average molecular weight is 206 g/mol. The van der Waals surface area contributed by atoms with Gasteiger partial charge in [-0.2, -0.15) is 0 Å². The molecule has 4 nitrogen and oxygen atoms in total. The predicted octanol–water partition coefficient (Wildman–Crippen LogP) is 0.837. The van der Waals surface area contributed by atoms with E-state index in [4.69, 9.17) is 0 Å². The summed E-state index contributed by atoms with van der Waals surface area (Å²) in [6.45, 7) is 4.28. The Hall–Kier alpha value is -1.16. The number of hydrogen-bond acceptors (Lipinski definition) is 4. The average Bonchev–Trinajstić information content (AvgIpc) is 2.81. The zero-order valence-corrected chi connectivity index (χ0v) is 9.40. The molecule has 0 aromatic carbocycles. The van der Waals surface area contributed by atoms with Crippen molar-refractivity contribution in [1.82, 2.24) is 15.3 Å². The number of rotatable bonds is 3. The molecule has 1 fully saturated rings. The minimum atomic E-state index is 0.574. The second-order valence-electron chi connectivity index (χ2n) is 3.98. The van der Waals surface area contributed by atoms with Crippen molar-refractivity contribution in [2.45, 2.75) is 25.8 Å². The fraction of sp³-hybridized carbons (Fsp3) is 0.636. The van der Waals surface area contributed by atoms with Crippen LogP contribution in [0, 0.1) is 0 Å². The van der Waals surface area contributed by atoms with Gasteiger partial charge in [-0.15, -0.1) is 0 Å². The molecule has 4 heteroatoms. The van der Waals surface area contributed by atoms with E-state index in [2.05, 4.69) is 40.2 Å². The Balaban J connectivity index is 2.13. The van der Waals surface area contributed by atoms with Crippen LogP contribution in [0.5, 0.6) is 0 Å². The number of aromatic nitrogens is 2. The summed E-state index contributed by atoms with van der Waals surface area (Å²) < 4.78 is 0. The Morgan fingerprint density at radius 2 is 2.40 bits per heavy atom. The minimum Gasteiger partial charge on any atom is -0.355 e. The van der Waals surface area contributed by atoms with E-state index in [1.54, 1.807) is 6.33 Å². The van der Waals surface area contributed by atoms with Crippen LogP contribution < -0.4 is 10.2 Å². The molecule has 1 aliphatic heterocycles. The van der Waals surface area contributed by atoms with Gasteiger partial charge in [-0.05, 0) is 19.4 Å². The summed E-state index contributed by atoms with van der Waals surface area (Å²) in [5, 5.41) is 3.37. The van der Waals surface area contributed by atoms with Crippen LogP contribution in [-0.4, -0.2) is 36.1 Å². The van der Waals surface area contributed by atoms with Crippen LogP contribution in [0.2, 0.25) is 0 Å². The fourth-order valence-electron chi connectivity index (χ4n) is 1.93. The molecule has 1 saturated heterocycles. The van der Waals surface area contributed by atoms with Gasteiger partial charge >= 0.3 is 0 Å². The summed E-state index contributed by atoms with van der Waals surface area (Å²) in [6.07, 6.45) is 3.82. The van der Waals surface area contributed by atoms with Gasteiger partial charge in [-0.25, -0.2) is 9.97 Å². The normalized spacial score (nSPS) is 20.5. The first kappa shape index (κ1) is 10.4. The van der Waals surface area contributed by atoms with E-state index in [9.17, 15) is 0 Å². The third-order valence-corrected chi connectivity index (χ3v) is 3.01. The number of likely N-dealkylation sites (N-methyl/N-ethyl adjacent to an activating group) is 1. The standard InChI is InChI=1S/C11H18N4/c1-3-9-6-11(14-8-13-9)15(2)10-4-5-12-7-10/h6,8,10,12H,3-5,7H2,1-2H3. The van der Waals surface area contributed by atoms with E-state index in [0.29, 0.717) is 6.04 Å². The number of hydrogen-bond donors (Lipinski definition) is 1. The minimum absolute atomic E-state index is 0.574. The highest BCUT2D eigenvalue weighted by Crippen LogP contribution is 2.15. The number of nitrogens with zero attached hydrogens (tertiary/aromatic N) is 3. The summed E-state index contributed by atoms with van der Waals surface area (Å²) >= 11 is 0. The molecule has 1 atom stereocenters. The Morgan fingerprint density at radius 1 is 1.53 bits per heavy atom. The van der Waals surface area contributed by atoms with Crippen molar-refractivity contribution in [3.8, 4) is 0 Å². The molecule has 1 unspecified atom stereocenters. The van der Waals surface area contributed by atoms with Crippen molar-refractivity contribution in [2.75, 3.05) is 25.0 Å². The first-order chi connectivity index (χ1) is 7.31. The number of anilines is 1. The molecule has 0 amide bonds. The topological polar surface area (TPSA) is 41.0 Å². The summed E-state index contributed by atoms with van der Waals surface area (Å²) in [5.74, 6) is 1.04. The summed E-state index contributed by atoms with van der Waals surface area (Å²) in [4.78, 5) is 10.8. The molecule has 2 rings (SSSR count). The zero-order chi connectivity index (χ0) is 10.7. The van der Waals surface area contributed by atoms with Crippen molar-refractivity contribution in [3.63, 3.8) is 0 Å². The summed E-state index contributed by atoms with van der Waals surface area (Å²) in [5.41, 5.74) is 1.11. The molecular formula is C11H18N4. The molecule has 1 N–H and O–H groups in total. The van der Waals surface area contributed by atoms with Crippen molar-refractivity contribution in [2.24, 2.45) is 0 Å². The molecule has 0 spiro atoms. The van der Waals surface area contributed by atoms with E-state index in [0.717, 1.165) is 31.0 Å². The lowest BCUT2D eigenvalue weighted by Crippen LogP contribution is -2.34. The third-order valence-electron chi connectivity index (χ3n) is 3.01. The van der Waals surface area contributed by atoms with Crippen LogP contribution in [0.25, 0.3) is 0 Å². The van der Waals surface area contributed by atoms with Gasteiger partial charge < -0.3 is 10.2 Å². The summed E-state index contributed by atoms with van der Waals surface area (Å²) in [7, 11) is 2.11. The van der Waals surface area contributed by atoms with Gasteiger partial charge in [0.05, 0.1) is 0 Å².